The number of nitrogens with one attached hydrogen (secondary N) is 1. The number of amides is 1. The number of nitrogens with zero attached hydrogens (tertiary/aromatic N) is 2. The molecule has 170 valence electrons. The molecule has 0 radical (unpaired) electrons. The van der Waals surface area contributed by atoms with Gasteiger partial charge in [-0.2, -0.15) is 4.31 Å². The second kappa shape index (κ2) is 8.63. The number of carbonyl (C=O) groups excluding carboxylic acids is 1. The normalized spacial score (nSPS) is 18.9. The number of carbonyl (C=O) groups is 1. The summed E-state index contributed by atoms with van der Waals surface area (Å²) in [5.41, 5.74) is -0.958. The van der Waals surface area contributed by atoms with Crippen LogP contribution in [0.2, 0.25) is 0 Å². The topological polar surface area (TPSA) is 99.8 Å². The molecule has 1 aromatic carbocycles. The first kappa shape index (κ1) is 23.3. The fourth-order valence-electron chi connectivity index (χ4n) is 3.87. The van der Waals surface area contributed by atoms with Gasteiger partial charge in [0, 0.05) is 42.6 Å². The standard InChI is InChI=1S/C22H31N3O5S/c1-15(2)18-14-24(21(27)30-22(3,4)5)12-7-13-25(18)31(28,29)19-9-6-8-17-16(19)10-11-23-20(17)26/h6,8-11,15,18H,7,12-14H2,1-5H3,(H,23,26). The lowest BCUT2D eigenvalue weighted by Gasteiger charge is -2.34. The van der Waals surface area contributed by atoms with E-state index in [-0.39, 0.29) is 29.5 Å². The number of aromatic nitrogens is 1. The average Bonchev–Trinajstić information content (AvgIpc) is 2.90. The molecule has 1 saturated heterocycles. The van der Waals surface area contributed by atoms with Gasteiger partial charge in [-0.3, -0.25) is 4.79 Å². The third kappa shape index (κ3) is 4.93. The van der Waals surface area contributed by atoms with Crippen molar-refractivity contribution in [3.8, 4) is 0 Å². The molecule has 0 saturated carbocycles. The van der Waals surface area contributed by atoms with Gasteiger partial charge in [-0.15, -0.1) is 0 Å². The molecular weight excluding hydrogens is 418 g/mol. The number of sulfonamides is 1. The number of rotatable bonds is 3. The van der Waals surface area contributed by atoms with Gasteiger partial charge in [-0.1, -0.05) is 19.9 Å². The fraction of sp³-hybridized carbons (Fsp3) is 0.545. The highest BCUT2D eigenvalue weighted by Gasteiger charge is 2.38. The first-order chi connectivity index (χ1) is 14.4. The van der Waals surface area contributed by atoms with Crippen molar-refractivity contribution >= 4 is 26.9 Å². The van der Waals surface area contributed by atoms with Gasteiger partial charge < -0.3 is 14.6 Å². The first-order valence-electron chi connectivity index (χ1n) is 10.5. The molecule has 0 bridgehead atoms. The van der Waals surface area contributed by atoms with E-state index in [1.165, 1.54) is 16.6 Å². The molecule has 9 heteroatoms. The summed E-state index contributed by atoms with van der Waals surface area (Å²) in [5.74, 6) is -0.0313. The van der Waals surface area contributed by atoms with Crippen molar-refractivity contribution in [2.75, 3.05) is 19.6 Å². The Balaban J connectivity index is 2.00. The Morgan fingerprint density at radius 1 is 1.16 bits per heavy atom. The molecule has 1 unspecified atom stereocenters. The second-order valence-corrected chi connectivity index (χ2v) is 11.1. The van der Waals surface area contributed by atoms with Crippen LogP contribution in [0.25, 0.3) is 10.8 Å². The van der Waals surface area contributed by atoms with Gasteiger partial charge in [0.1, 0.15) is 5.60 Å². The SMILES string of the molecule is CC(C)C1CN(C(=O)OC(C)(C)C)CCCN1S(=O)(=O)c1cccc2c(=O)[nH]ccc12. The van der Waals surface area contributed by atoms with E-state index in [0.717, 1.165) is 0 Å². The van der Waals surface area contributed by atoms with Crippen LogP contribution in [-0.2, 0) is 14.8 Å². The maximum absolute atomic E-state index is 13.8. The van der Waals surface area contributed by atoms with Crippen LogP contribution in [0.3, 0.4) is 0 Å². The van der Waals surface area contributed by atoms with E-state index < -0.39 is 27.8 Å². The van der Waals surface area contributed by atoms with Crippen molar-refractivity contribution in [3.63, 3.8) is 0 Å². The van der Waals surface area contributed by atoms with Crippen LogP contribution in [-0.4, -0.2) is 60.0 Å². The van der Waals surface area contributed by atoms with Crippen LogP contribution in [0, 0.1) is 5.92 Å². The minimum absolute atomic E-state index is 0.0313. The van der Waals surface area contributed by atoms with E-state index in [4.69, 9.17) is 4.74 Å². The molecule has 0 aliphatic carbocycles. The van der Waals surface area contributed by atoms with Crippen LogP contribution in [0.4, 0.5) is 4.79 Å². The molecule has 8 nitrogen and oxygen atoms in total. The van der Waals surface area contributed by atoms with Crippen LogP contribution >= 0.6 is 0 Å². The molecular formula is C22H31N3O5S. The first-order valence-corrected chi connectivity index (χ1v) is 12.0. The number of fused-ring (bicyclic) bond motifs is 1. The smallest absolute Gasteiger partial charge is 0.410 e. The van der Waals surface area contributed by atoms with Gasteiger partial charge in [0.2, 0.25) is 10.0 Å². The van der Waals surface area contributed by atoms with Crippen LogP contribution in [0.1, 0.15) is 41.0 Å². The average molecular weight is 450 g/mol. The van der Waals surface area contributed by atoms with Crippen molar-refractivity contribution < 1.29 is 17.9 Å². The molecule has 31 heavy (non-hydrogen) atoms. The molecule has 0 spiro atoms. The van der Waals surface area contributed by atoms with Crippen molar-refractivity contribution in [1.29, 1.82) is 0 Å². The summed E-state index contributed by atoms with van der Waals surface area (Å²) in [7, 11) is -3.91. The lowest BCUT2D eigenvalue weighted by atomic mass is 10.0. The van der Waals surface area contributed by atoms with Crippen LogP contribution in [0.15, 0.2) is 40.2 Å². The molecule has 1 amide bonds. The van der Waals surface area contributed by atoms with Gasteiger partial charge in [0.25, 0.3) is 5.56 Å². The number of ether oxygens (including phenoxy) is 1. The molecule has 1 aliphatic rings. The zero-order valence-corrected chi connectivity index (χ0v) is 19.5. The van der Waals surface area contributed by atoms with E-state index in [1.807, 2.05) is 34.6 Å². The van der Waals surface area contributed by atoms with E-state index in [9.17, 15) is 18.0 Å². The molecule has 1 atom stereocenters. The summed E-state index contributed by atoms with van der Waals surface area (Å²) in [5, 5.41) is 0.719. The van der Waals surface area contributed by atoms with E-state index in [2.05, 4.69) is 4.98 Å². The molecule has 1 aliphatic heterocycles. The maximum Gasteiger partial charge on any atom is 0.410 e. The van der Waals surface area contributed by atoms with Gasteiger partial charge in [0.15, 0.2) is 0 Å². The van der Waals surface area contributed by atoms with Crippen molar-refractivity contribution in [1.82, 2.24) is 14.2 Å². The molecule has 3 rings (SSSR count). The zero-order valence-electron chi connectivity index (χ0n) is 18.7. The summed E-state index contributed by atoms with van der Waals surface area (Å²) in [6.07, 6.45) is 1.51. The number of hydrogen-bond acceptors (Lipinski definition) is 5. The Morgan fingerprint density at radius 3 is 2.52 bits per heavy atom. The van der Waals surface area contributed by atoms with Crippen LogP contribution in [0.5, 0.6) is 0 Å². The van der Waals surface area contributed by atoms with E-state index in [0.29, 0.717) is 23.7 Å². The quantitative estimate of drug-likeness (QED) is 0.776. The number of H-pyrrole nitrogens is 1. The van der Waals surface area contributed by atoms with Crippen LogP contribution < -0.4 is 5.56 Å². The van der Waals surface area contributed by atoms with Gasteiger partial charge in [0.05, 0.1) is 4.90 Å². The van der Waals surface area contributed by atoms with E-state index >= 15 is 0 Å². The zero-order chi connectivity index (χ0) is 23.0. The molecule has 1 N–H and O–H groups in total. The number of hydrogen-bond donors (Lipinski definition) is 1. The van der Waals surface area contributed by atoms with Gasteiger partial charge in [-0.25, -0.2) is 13.2 Å². The van der Waals surface area contributed by atoms with E-state index in [1.54, 1.807) is 23.1 Å². The molecule has 2 aromatic rings. The van der Waals surface area contributed by atoms with Crippen molar-refractivity contribution in [3.05, 3.63) is 40.8 Å². The summed E-state index contributed by atoms with van der Waals surface area (Å²) in [6, 6.07) is 5.92. The van der Waals surface area contributed by atoms with Gasteiger partial charge in [-0.05, 0) is 51.3 Å². The molecule has 1 fully saturated rings. The molecule has 1 aromatic heterocycles. The third-order valence-corrected chi connectivity index (χ3v) is 7.35. The monoisotopic (exact) mass is 449 g/mol. The fourth-order valence-corrected chi connectivity index (χ4v) is 5.86. The predicted octanol–water partition coefficient (Wildman–Crippen LogP) is 3.18. The number of aromatic amines is 1. The summed E-state index contributed by atoms with van der Waals surface area (Å²) < 4.78 is 34.5. The van der Waals surface area contributed by atoms with Gasteiger partial charge >= 0.3 is 6.09 Å². The lowest BCUT2D eigenvalue weighted by Crippen LogP contribution is -2.49. The minimum Gasteiger partial charge on any atom is -0.444 e. The Bertz CT molecular complexity index is 1120. The predicted molar refractivity (Wildman–Crippen MR) is 120 cm³/mol. The molecule has 2 heterocycles. The highest BCUT2D eigenvalue weighted by atomic mass is 32.2. The summed E-state index contributed by atoms with van der Waals surface area (Å²) in [4.78, 5) is 29.1. The van der Waals surface area contributed by atoms with Crippen molar-refractivity contribution in [2.45, 2.75) is 57.6 Å². The number of benzene rings is 1. The Hall–Kier alpha value is -2.39. The van der Waals surface area contributed by atoms with Crippen molar-refractivity contribution in [2.24, 2.45) is 5.92 Å². The highest BCUT2D eigenvalue weighted by Crippen LogP contribution is 2.29. The number of pyridine rings is 1. The third-order valence-electron chi connectivity index (χ3n) is 5.37. The lowest BCUT2D eigenvalue weighted by molar-refractivity contribution is 0.0230. The summed E-state index contributed by atoms with van der Waals surface area (Å²) >= 11 is 0. The largest absolute Gasteiger partial charge is 0.444 e. The maximum atomic E-state index is 13.8. The Kier molecular flexibility index (Phi) is 6.48. The Labute approximate surface area is 183 Å². The Morgan fingerprint density at radius 2 is 1.87 bits per heavy atom. The minimum atomic E-state index is -3.91. The second-order valence-electron chi connectivity index (χ2n) is 9.23. The summed E-state index contributed by atoms with van der Waals surface area (Å²) in [6.45, 7) is 10.3. The highest BCUT2D eigenvalue weighted by molar-refractivity contribution is 7.89.